The molecule has 22 heavy (non-hydrogen) atoms. The van der Waals surface area contributed by atoms with E-state index in [0.717, 1.165) is 25.1 Å². The van der Waals surface area contributed by atoms with Crippen molar-refractivity contribution in [2.24, 2.45) is 0 Å². The molecule has 1 aliphatic rings. The lowest BCUT2D eigenvalue weighted by atomic mass is 9.88. The largest absolute Gasteiger partial charge is 0.263 e. The molecule has 0 fully saturated rings. The van der Waals surface area contributed by atoms with Gasteiger partial charge in [0.15, 0.2) is 0 Å². The zero-order valence-electron chi connectivity index (χ0n) is 12.3. The molecule has 3 aromatic rings. The molecule has 0 N–H and O–H groups in total. The zero-order valence-corrected chi connectivity index (χ0v) is 13.1. The molecule has 0 amide bonds. The predicted octanol–water partition coefficient (Wildman–Crippen LogP) is 4.55. The summed E-state index contributed by atoms with van der Waals surface area (Å²) >= 11 is 6.00. The van der Waals surface area contributed by atoms with E-state index in [0.29, 0.717) is 5.88 Å². The zero-order chi connectivity index (χ0) is 14.9. The molecular formula is C19H17ClN2. The van der Waals surface area contributed by atoms with Crippen molar-refractivity contribution in [1.82, 2.24) is 9.78 Å². The number of aromatic nitrogens is 2. The van der Waals surface area contributed by atoms with E-state index in [-0.39, 0.29) is 0 Å². The van der Waals surface area contributed by atoms with Gasteiger partial charge in [0.2, 0.25) is 0 Å². The maximum atomic E-state index is 6.00. The Kier molecular flexibility index (Phi) is 3.47. The lowest BCUT2D eigenvalue weighted by molar-refractivity contribution is 0.673. The second-order valence-corrected chi connectivity index (χ2v) is 5.99. The van der Waals surface area contributed by atoms with Gasteiger partial charge in [0.1, 0.15) is 0 Å². The van der Waals surface area contributed by atoms with Crippen molar-refractivity contribution >= 4 is 11.6 Å². The fraction of sp³-hybridized carbons (Fsp3) is 0.211. The highest BCUT2D eigenvalue weighted by molar-refractivity contribution is 6.17. The summed E-state index contributed by atoms with van der Waals surface area (Å²) in [5.41, 5.74) is 7.60. The molecule has 3 heteroatoms. The molecule has 0 saturated heterocycles. The lowest BCUT2D eigenvalue weighted by Gasteiger charge is -2.16. The quantitative estimate of drug-likeness (QED) is 0.649. The first-order valence-electron chi connectivity index (χ1n) is 7.68. The number of fused-ring (bicyclic) bond motifs is 3. The highest BCUT2D eigenvalue weighted by Gasteiger charge is 2.24. The average Bonchev–Trinajstić information content (AvgIpc) is 2.94. The van der Waals surface area contributed by atoms with Gasteiger partial charge in [-0.3, -0.25) is 4.68 Å². The van der Waals surface area contributed by atoms with Gasteiger partial charge in [0, 0.05) is 22.6 Å². The summed E-state index contributed by atoms with van der Waals surface area (Å²) in [6.45, 7) is 0.737. The first kappa shape index (κ1) is 13.6. The van der Waals surface area contributed by atoms with E-state index < -0.39 is 0 Å². The van der Waals surface area contributed by atoms with E-state index in [1.807, 2.05) is 6.07 Å². The van der Waals surface area contributed by atoms with Crippen LogP contribution in [-0.4, -0.2) is 15.7 Å². The number of benzene rings is 2. The maximum absolute atomic E-state index is 6.00. The van der Waals surface area contributed by atoms with Crippen molar-refractivity contribution in [3.8, 4) is 22.5 Å². The minimum atomic E-state index is 0.571. The topological polar surface area (TPSA) is 17.8 Å². The number of halogens is 1. The fourth-order valence-electron chi connectivity index (χ4n) is 3.34. The number of hydrogen-bond acceptors (Lipinski definition) is 1. The number of rotatable bonds is 3. The third-order valence-corrected chi connectivity index (χ3v) is 4.48. The molecule has 0 bridgehead atoms. The minimum absolute atomic E-state index is 0.571. The summed E-state index contributed by atoms with van der Waals surface area (Å²) in [6, 6.07) is 19.1. The Morgan fingerprint density at radius 2 is 1.73 bits per heavy atom. The summed E-state index contributed by atoms with van der Waals surface area (Å²) in [5.74, 6) is 0.571. The van der Waals surface area contributed by atoms with Crippen molar-refractivity contribution in [1.29, 1.82) is 0 Å². The smallest absolute Gasteiger partial charge is 0.0964 e. The van der Waals surface area contributed by atoms with E-state index in [9.17, 15) is 0 Å². The molecule has 4 rings (SSSR count). The van der Waals surface area contributed by atoms with Crippen molar-refractivity contribution in [2.75, 3.05) is 5.88 Å². The van der Waals surface area contributed by atoms with Crippen LogP contribution in [0.2, 0.25) is 0 Å². The summed E-state index contributed by atoms with van der Waals surface area (Å²) in [4.78, 5) is 0. The van der Waals surface area contributed by atoms with Gasteiger partial charge in [-0.25, -0.2) is 0 Å². The van der Waals surface area contributed by atoms with Crippen LogP contribution in [0.4, 0.5) is 0 Å². The number of nitrogens with zero attached hydrogens (tertiary/aromatic N) is 2. The third-order valence-electron chi connectivity index (χ3n) is 4.31. The first-order valence-corrected chi connectivity index (χ1v) is 8.21. The fourth-order valence-corrected chi connectivity index (χ4v) is 3.50. The van der Waals surface area contributed by atoms with Gasteiger partial charge in [-0.1, -0.05) is 54.6 Å². The maximum Gasteiger partial charge on any atom is 0.0964 e. The normalized spacial score (nSPS) is 12.8. The Labute approximate surface area is 135 Å². The molecule has 0 saturated carbocycles. The molecule has 1 aromatic heterocycles. The van der Waals surface area contributed by atoms with E-state index in [2.05, 4.69) is 53.2 Å². The van der Waals surface area contributed by atoms with Crippen LogP contribution in [0.25, 0.3) is 22.5 Å². The molecule has 2 nitrogen and oxygen atoms in total. The van der Waals surface area contributed by atoms with Gasteiger partial charge in [-0.2, -0.15) is 5.10 Å². The molecule has 0 aliphatic heterocycles. The number of alkyl halides is 1. The van der Waals surface area contributed by atoms with Crippen molar-refractivity contribution < 1.29 is 0 Å². The average molecular weight is 309 g/mol. The van der Waals surface area contributed by atoms with Crippen molar-refractivity contribution in [3.63, 3.8) is 0 Å². The van der Waals surface area contributed by atoms with E-state index in [1.165, 1.54) is 27.9 Å². The van der Waals surface area contributed by atoms with Crippen LogP contribution in [0.15, 0.2) is 54.6 Å². The SMILES string of the molecule is ClCCn1nc2c(c1-c1ccccc1)CCc1ccccc1-2. The molecular weight excluding hydrogens is 292 g/mol. The van der Waals surface area contributed by atoms with Gasteiger partial charge in [0.25, 0.3) is 0 Å². The van der Waals surface area contributed by atoms with Gasteiger partial charge in [-0.15, -0.1) is 11.6 Å². The van der Waals surface area contributed by atoms with Gasteiger partial charge < -0.3 is 0 Å². The van der Waals surface area contributed by atoms with Crippen LogP contribution in [0, 0.1) is 0 Å². The Bertz CT molecular complexity index is 806. The molecule has 0 radical (unpaired) electrons. The molecule has 2 aromatic carbocycles. The van der Waals surface area contributed by atoms with E-state index >= 15 is 0 Å². The monoisotopic (exact) mass is 308 g/mol. The van der Waals surface area contributed by atoms with Crippen LogP contribution >= 0.6 is 11.6 Å². The van der Waals surface area contributed by atoms with Gasteiger partial charge in [0.05, 0.1) is 17.9 Å². The first-order chi connectivity index (χ1) is 10.9. The van der Waals surface area contributed by atoms with Crippen molar-refractivity contribution in [2.45, 2.75) is 19.4 Å². The van der Waals surface area contributed by atoms with E-state index in [1.54, 1.807) is 0 Å². The highest BCUT2D eigenvalue weighted by atomic mass is 35.5. The lowest BCUT2D eigenvalue weighted by Crippen LogP contribution is -2.04. The number of aryl methyl sites for hydroxylation is 2. The summed E-state index contributed by atoms with van der Waals surface area (Å²) in [5, 5.41) is 4.89. The third kappa shape index (κ3) is 2.15. The van der Waals surface area contributed by atoms with Crippen LogP contribution in [0.3, 0.4) is 0 Å². The number of hydrogen-bond donors (Lipinski definition) is 0. The van der Waals surface area contributed by atoms with Crippen LogP contribution in [-0.2, 0) is 19.4 Å². The molecule has 110 valence electrons. The second-order valence-electron chi connectivity index (χ2n) is 5.61. The molecule has 0 spiro atoms. The van der Waals surface area contributed by atoms with Gasteiger partial charge in [-0.05, 0) is 18.4 Å². The summed E-state index contributed by atoms with van der Waals surface area (Å²) in [7, 11) is 0. The Balaban J connectivity index is 1.95. The predicted molar refractivity (Wildman–Crippen MR) is 91.2 cm³/mol. The molecule has 1 heterocycles. The van der Waals surface area contributed by atoms with Crippen molar-refractivity contribution in [3.05, 3.63) is 65.7 Å². The minimum Gasteiger partial charge on any atom is -0.263 e. The van der Waals surface area contributed by atoms with Crippen LogP contribution < -0.4 is 0 Å². The van der Waals surface area contributed by atoms with Crippen LogP contribution in [0.1, 0.15) is 11.1 Å². The summed E-state index contributed by atoms with van der Waals surface area (Å²) < 4.78 is 2.08. The highest BCUT2D eigenvalue weighted by Crippen LogP contribution is 2.38. The standard InChI is InChI=1S/C19H17ClN2/c20-12-13-22-19(15-7-2-1-3-8-15)17-11-10-14-6-4-5-9-16(14)18(17)21-22/h1-9H,10-13H2. The molecule has 1 aliphatic carbocycles. The van der Waals surface area contributed by atoms with Gasteiger partial charge >= 0.3 is 0 Å². The Morgan fingerprint density at radius 3 is 2.55 bits per heavy atom. The van der Waals surface area contributed by atoms with E-state index in [4.69, 9.17) is 16.7 Å². The molecule has 0 atom stereocenters. The van der Waals surface area contributed by atoms with Crippen LogP contribution in [0.5, 0.6) is 0 Å². The second kappa shape index (κ2) is 5.62. The Hall–Kier alpha value is -2.06. The Morgan fingerprint density at radius 1 is 0.955 bits per heavy atom. The summed E-state index contributed by atoms with van der Waals surface area (Å²) in [6.07, 6.45) is 2.12. The molecule has 0 unspecified atom stereocenters.